The van der Waals surface area contributed by atoms with Gasteiger partial charge in [0.05, 0.1) is 11.6 Å². The van der Waals surface area contributed by atoms with E-state index in [4.69, 9.17) is 0 Å². The molecule has 0 bridgehead atoms. The minimum absolute atomic E-state index is 0.174. The molecule has 82 heavy (non-hydrogen) atoms. The molecule has 13 rings (SSSR count). The zero-order chi connectivity index (χ0) is 55.9. The first-order valence-electron chi connectivity index (χ1n) is 30.3. The third-order valence-corrected chi connectivity index (χ3v) is 18.3. The van der Waals surface area contributed by atoms with Crippen molar-refractivity contribution < 1.29 is 0 Å². The minimum Gasteiger partial charge on any atom is -0.337 e. The highest BCUT2D eigenvalue weighted by atomic mass is 15.2. The number of rotatable bonds is 15. The smallest absolute Gasteiger partial charge is 0.0653 e. The molecular weight excluding hydrogens is 993 g/mol. The normalized spacial score (nSPS) is 21.2. The summed E-state index contributed by atoms with van der Waals surface area (Å²) >= 11 is 0. The predicted molar refractivity (Wildman–Crippen MR) is 349 cm³/mol. The van der Waals surface area contributed by atoms with Crippen molar-refractivity contribution in [2.24, 2.45) is 17.8 Å². The van der Waals surface area contributed by atoms with Crippen LogP contribution in [-0.2, 0) is 11.8 Å². The molecule has 0 saturated heterocycles. The second-order valence-electron chi connectivity index (χ2n) is 23.8. The molecule has 7 aromatic carbocycles. The molecule has 8 aromatic rings. The van der Waals surface area contributed by atoms with Crippen molar-refractivity contribution in [1.82, 2.24) is 4.57 Å². The third kappa shape index (κ3) is 9.66. The molecule has 4 heteroatoms. The van der Waals surface area contributed by atoms with Gasteiger partial charge in [0.15, 0.2) is 0 Å². The summed E-state index contributed by atoms with van der Waals surface area (Å²) in [4.78, 5) is 7.68. The van der Waals surface area contributed by atoms with Gasteiger partial charge in [-0.15, -0.1) is 0 Å². The topological polar surface area (TPSA) is 14.7 Å². The number of fused-ring (bicyclic) bond motifs is 6. The van der Waals surface area contributed by atoms with Gasteiger partial charge in [0, 0.05) is 73.6 Å². The second kappa shape index (κ2) is 22.4. The van der Waals surface area contributed by atoms with Gasteiger partial charge in [0.2, 0.25) is 0 Å². The second-order valence-corrected chi connectivity index (χ2v) is 23.8. The van der Waals surface area contributed by atoms with Gasteiger partial charge < -0.3 is 19.3 Å². The van der Waals surface area contributed by atoms with Gasteiger partial charge >= 0.3 is 0 Å². The molecule has 2 heterocycles. The maximum absolute atomic E-state index is 2.66. The largest absolute Gasteiger partial charge is 0.337 e. The number of benzene rings is 7. The summed E-state index contributed by atoms with van der Waals surface area (Å²) in [5.41, 5.74) is 22.6. The maximum atomic E-state index is 2.66. The number of aryl methyl sites for hydroxylation is 1. The molecule has 4 nitrogen and oxygen atoms in total. The van der Waals surface area contributed by atoms with Crippen LogP contribution in [0.4, 0.5) is 22.7 Å². The highest BCUT2D eigenvalue weighted by Gasteiger charge is 2.48. The fourth-order valence-corrected chi connectivity index (χ4v) is 14.2. The van der Waals surface area contributed by atoms with E-state index >= 15 is 0 Å². The Morgan fingerprint density at radius 1 is 0.671 bits per heavy atom. The van der Waals surface area contributed by atoms with Gasteiger partial charge in [-0.2, -0.15) is 0 Å². The van der Waals surface area contributed by atoms with E-state index < -0.39 is 0 Å². The highest BCUT2D eigenvalue weighted by Crippen LogP contribution is 2.52. The van der Waals surface area contributed by atoms with Crippen molar-refractivity contribution >= 4 is 45.3 Å². The maximum Gasteiger partial charge on any atom is 0.0653 e. The zero-order valence-electron chi connectivity index (χ0n) is 48.6. The summed E-state index contributed by atoms with van der Waals surface area (Å²) in [6.45, 7) is 14.2. The summed E-state index contributed by atoms with van der Waals surface area (Å²) in [5.74, 6) is 1.49. The number of aromatic nitrogens is 1. The van der Waals surface area contributed by atoms with Crippen LogP contribution in [0.25, 0.3) is 39.4 Å². The van der Waals surface area contributed by atoms with Crippen molar-refractivity contribution in [2.45, 2.75) is 97.4 Å². The van der Waals surface area contributed by atoms with Crippen LogP contribution in [0.3, 0.4) is 0 Å². The van der Waals surface area contributed by atoms with E-state index in [1.165, 1.54) is 108 Å². The molecule has 0 radical (unpaired) electrons. The third-order valence-electron chi connectivity index (χ3n) is 18.3. The minimum atomic E-state index is -0.247. The van der Waals surface area contributed by atoms with E-state index in [9.17, 15) is 0 Å². The molecule has 5 aliphatic rings. The standard InChI is InChI=1S/C78H76N4/c1-7-22-54(3)49-61(8-2)82-76-32-21-19-30-73(76)78(6)53-68(44-48-77(78)82)80(66-42-46-70(56(5)51-66)60-25-14-10-15-26-60)64-39-35-58(36-40-64)57-33-37-63(38-34-57)79(65-41-45-69(55(4)50-65)59-23-12-9-13-24-59)67-43-47-75-72(52-67)71-29-18-20-31-74(71)81(75)62-27-16-11-17-28-62/h9-17,19-21,23-28,30-50,52-56,69,77H,7-8,18,22,29,51H2,1-6H3/b61-49+. The molecule has 408 valence electrons. The van der Waals surface area contributed by atoms with Gasteiger partial charge in [0.1, 0.15) is 0 Å². The predicted octanol–water partition coefficient (Wildman–Crippen LogP) is 20.4. The van der Waals surface area contributed by atoms with Crippen molar-refractivity contribution in [1.29, 1.82) is 0 Å². The Morgan fingerprint density at radius 2 is 1.33 bits per heavy atom. The van der Waals surface area contributed by atoms with Crippen LogP contribution in [0, 0.1) is 17.8 Å². The van der Waals surface area contributed by atoms with Gasteiger partial charge in [-0.1, -0.05) is 199 Å². The van der Waals surface area contributed by atoms with Gasteiger partial charge in [-0.3, -0.25) is 0 Å². The van der Waals surface area contributed by atoms with Crippen LogP contribution in [0.5, 0.6) is 0 Å². The number of nitrogens with zero attached hydrogens (tertiary/aromatic N) is 4. The number of anilines is 4. The molecule has 1 aromatic heterocycles. The molecule has 0 fully saturated rings. The monoisotopic (exact) mass is 1070 g/mol. The first kappa shape index (κ1) is 52.8. The Kier molecular flexibility index (Phi) is 14.4. The summed E-state index contributed by atoms with van der Waals surface area (Å²) in [6.07, 6.45) is 33.1. The highest BCUT2D eigenvalue weighted by molar-refractivity contribution is 5.94. The lowest BCUT2D eigenvalue weighted by molar-refractivity contribution is 0.529. The molecule has 4 aliphatic carbocycles. The Balaban J connectivity index is 0.865. The lowest BCUT2D eigenvalue weighted by Gasteiger charge is -2.40. The van der Waals surface area contributed by atoms with Crippen molar-refractivity contribution in [3.05, 3.63) is 293 Å². The van der Waals surface area contributed by atoms with E-state index in [0.29, 0.717) is 23.7 Å². The Bertz CT molecular complexity index is 3900. The van der Waals surface area contributed by atoms with E-state index in [2.05, 4.69) is 310 Å². The number of allylic oxidation sites excluding steroid dienone is 11. The summed E-state index contributed by atoms with van der Waals surface area (Å²) in [7, 11) is 0. The van der Waals surface area contributed by atoms with Gasteiger partial charge in [-0.05, 0) is 187 Å². The summed E-state index contributed by atoms with van der Waals surface area (Å²) < 4.78 is 2.45. The average Bonchev–Trinajstić information content (AvgIpc) is 3.14. The molecule has 0 spiro atoms. The van der Waals surface area contributed by atoms with Crippen molar-refractivity contribution in [3.63, 3.8) is 0 Å². The fraction of sp³-hybridized carbons (Fsp3) is 0.231. The number of para-hydroxylation sites is 2. The van der Waals surface area contributed by atoms with Crippen LogP contribution in [0.2, 0.25) is 0 Å². The Morgan fingerprint density at radius 3 is 2.02 bits per heavy atom. The molecule has 0 saturated carbocycles. The van der Waals surface area contributed by atoms with E-state index in [0.717, 1.165) is 37.1 Å². The average molecular weight is 1070 g/mol. The Labute approximate surface area is 487 Å². The van der Waals surface area contributed by atoms with Gasteiger partial charge in [0.25, 0.3) is 0 Å². The number of hydrogen-bond donors (Lipinski definition) is 0. The van der Waals surface area contributed by atoms with Gasteiger partial charge in [-0.25, -0.2) is 0 Å². The summed E-state index contributed by atoms with van der Waals surface area (Å²) in [6, 6.07) is 67.8. The first-order chi connectivity index (χ1) is 40.2. The lowest BCUT2D eigenvalue weighted by atomic mass is 9.75. The van der Waals surface area contributed by atoms with Crippen LogP contribution >= 0.6 is 0 Å². The summed E-state index contributed by atoms with van der Waals surface area (Å²) in [5, 5.41) is 1.32. The molecule has 6 unspecified atom stereocenters. The molecular formula is C78H76N4. The van der Waals surface area contributed by atoms with Crippen molar-refractivity contribution in [3.8, 4) is 16.8 Å². The van der Waals surface area contributed by atoms with Crippen molar-refractivity contribution in [2.75, 3.05) is 14.7 Å². The molecule has 0 N–H and O–H groups in total. The quantitative estimate of drug-likeness (QED) is 0.102. The molecule has 1 aliphatic heterocycles. The Hall–Kier alpha value is -8.60. The van der Waals surface area contributed by atoms with Crippen LogP contribution in [-0.4, -0.2) is 10.6 Å². The van der Waals surface area contributed by atoms with Crippen LogP contribution < -0.4 is 14.7 Å². The molecule has 0 amide bonds. The molecule has 6 atom stereocenters. The van der Waals surface area contributed by atoms with E-state index in [-0.39, 0.29) is 11.5 Å². The zero-order valence-corrected chi connectivity index (χ0v) is 48.6. The van der Waals surface area contributed by atoms with Crippen LogP contribution in [0.1, 0.15) is 108 Å². The fourth-order valence-electron chi connectivity index (χ4n) is 14.2. The first-order valence-corrected chi connectivity index (χ1v) is 30.3. The number of hydrogen-bond acceptors (Lipinski definition) is 3. The lowest BCUT2D eigenvalue weighted by Crippen LogP contribution is -2.43. The van der Waals surface area contributed by atoms with E-state index in [1.807, 2.05) is 0 Å². The van der Waals surface area contributed by atoms with E-state index in [1.54, 1.807) is 0 Å². The SMILES string of the molecule is CCCC(C)/C=C(\CC)N1c2ccccc2C2(C)C=C(N(C3=CC=C(c4ccccc4)C(C)C3)c3ccc(-c4ccc(N(C5=CC(C)C(c6ccccc6)C=C5)c5ccc6c(c5)c5c(n6-c6ccccc6)C=CCC5)cc4)cc3)C=CC12. The van der Waals surface area contributed by atoms with Crippen LogP contribution in [0.15, 0.2) is 266 Å².